The van der Waals surface area contributed by atoms with Crippen LogP contribution in [0.1, 0.15) is 35.2 Å². The van der Waals surface area contributed by atoms with Crippen LogP contribution in [0.2, 0.25) is 10.0 Å². The Labute approximate surface area is 188 Å². The predicted molar refractivity (Wildman–Crippen MR) is 125 cm³/mol. The Balaban J connectivity index is 1.27. The number of rotatable bonds is 5. The number of carbonyl (C=O) groups is 1. The molecule has 1 aliphatic heterocycles. The van der Waals surface area contributed by atoms with E-state index in [2.05, 4.69) is 48.5 Å². The molecule has 0 spiro atoms. The van der Waals surface area contributed by atoms with Gasteiger partial charge in [0.15, 0.2) is 0 Å². The van der Waals surface area contributed by atoms with Gasteiger partial charge in [-0.05, 0) is 66.5 Å². The van der Waals surface area contributed by atoms with Gasteiger partial charge in [-0.15, -0.1) is 0 Å². The summed E-state index contributed by atoms with van der Waals surface area (Å²) in [5.74, 6) is 0.708. The summed E-state index contributed by atoms with van der Waals surface area (Å²) in [5.41, 5.74) is 4.50. The third kappa shape index (κ3) is 5.06. The SMILES string of the molecule is O=C(c1ccc(Cl)c(Cl)c1)N1CCC(CCc2ccc(-c3ccccc3)cc2)CC1. The van der Waals surface area contributed by atoms with Crippen molar-refractivity contribution in [2.45, 2.75) is 25.7 Å². The van der Waals surface area contributed by atoms with Crippen LogP contribution in [0.5, 0.6) is 0 Å². The van der Waals surface area contributed by atoms with E-state index in [9.17, 15) is 4.79 Å². The first kappa shape index (κ1) is 21.0. The molecule has 1 fully saturated rings. The molecule has 1 heterocycles. The fourth-order valence-electron chi connectivity index (χ4n) is 4.10. The lowest BCUT2D eigenvalue weighted by Crippen LogP contribution is -2.38. The van der Waals surface area contributed by atoms with E-state index in [-0.39, 0.29) is 5.91 Å². The summed E-state index contributed by atoms with van der Waals surface area (Å²) in [6.07, 6.45) is 4.35. The number of benzene rings is 3. The molecule has 0 saturated carbocycles. The van der Waals surface area contributed by atoms with Crippen molar-refractivity contribution in [2.75, 3.05) is 13.1 Å². The number of hydrogen-bond acceptors (Lipinski definition) is 1. The molecule has 0 aromatic heterocycles. The molecule has 3 aromatic carbocycles. The fraction of sp³-hybridized carbons (Fsp3) is 0.269. The number of carbonyl (C=O) groups excluding carboxylic acids is 1. The van der Waals surface area contributed by atoms with E-state index < -0.39 is 0 Å². The van der Waals surface area contributed by atoms with Crippen LogP contribution in [0.15, 0.2) is 72.8 Å². The van der Waals surface area contributed by atoms with Crippen LogP contribution in [-0.2, 0) is 6.42 Å². The second-order valence-electron chi connectivity index (χ2n) is 7.97. The van der Waals surface area contributed by atoms with Crippen LogP contribution in [-0.4, -0.2) is 23.9 Å². The highest BCUT2D eigenvalue weighted by atomic mass is 35.5. The molecule has 1 aliphatic rings. The van der Waals surface area contributed by atoms with Crippen molar-refractivity contribution in [2.24, 2.45) is 5.92 Å². The number of halogens is 2. The second kappa shape index (κ2) is 9.68. The molecule has 0 radical (unpaired) electrons. The van der Waals surface area contributed by atoms with Crippen LogP contribution in [0.25, 0.3) is 11.1 Å². The molecular weight excluding hydrogens is 413 g/mol. The van der Waals surface area contributed by atoms with Crippen LogP contribution in [0.4, 0.5) is 0 Å². The maximum absolute atomic E-state index is 12.7. The molecule has 1 amide bonds. The molecule has 154 valence electrons. The molecule has 0 N–H and O–H groups in total. The second-order valence-corrected chi connectivity index (χ2v) is 8.78. The van der Waals surface area contributed by atoms with Gasteiger partial charge in [0.25, 0.3) is 5.91 Å². The Morgan fingerprint density at radius 2 is 1.50 bits per heavy atom. The predicted octanol–water partition coefficient (Wildman–Crippen LogP) is 7.15. The summed E-state index contributed by atoms with van der Waals surface area (Å²) in [6.45, 7) is 1.60. The van der Waals surface area contributed by atoms with E-state index >= 15 is 0 Å². The Morgan fingerprint density at radius 3 is 2.17 bits per heavy atom. The van der Waals surface area contributed by atoms with Crippen molar-refractivity contribution >= 4 is 29.1 Å². The smallest absolute Gasteiger partial charge is 0.253 e. The minimum Gasteiger partial charge on any atom is -0.339 e. The molecular formula is C26H25Cl2NO. The first-order valence-electron chi connectivity index (χ1n) is 10.5. The van der Waals surface area contributed by atoms with Crippen LogP contribution >= 0.6 is 23.2 Å². The zero-order valence-corrected chi connectivity index (χ0v) is 18.4. The number of aryl methyl sites for hydroxylation is 1. The van der Waals surface area contributed by atoms with Gasteiger partial charge in [0.05, 0.1) is 10.0 Å². The van der Waals surface area contributed by atoms with Gasteiger partial charge in [-0.25, -0.2) is 0 Å². The third-order valence-corrected chi connectivity index (χ3v) is 6.71. The third-order valence-electron chi connectivity index (χ3n) is 5.97. The maximum Gasteiger partial charge on any atom is 0.253 e. The van der Waals surface area contributed by atoms with E-state index in [1.807, 2.05) is 11.0 Å². The zero-order valence-electron chi connectivity index (χ0n) is 16.9. The number of likely N-dealkylation sites (tertiary alicyclic amines) is 1. The van der Waals surface area contributed by atoms with Crippen molar-refractivity contribution in [3.05, 3.63) is 94.0 Å². The monoisotopic (exact) mass is 437 g/mol. The maximum atomic E-state index is 12.7. The van der Waals surface area contributed by atoms with Crippen molar-refractivity contribution in [3.63, 3.8) is 0 Å². The molecule has 0 aliphatic carbocycles. The Morgan fingerprint density at radius 1 is 0.833 bits per heavy atom. The quantitative estimate of drug-likeness (QED) is 0.414. The molecule has 1 saturated heterocycles. The van der Waals surface area contributed by atoms with Gasteiger partial charge in [0.1, 0.15) is 0 Å². The van der Waals surface area contributed by atoms with Gasteiger partial charge in [-0.3, -0.25) is 4.79 Å². The van der Waals surface area contributed by atoms with Gasteiger partial charge >= 0.3 is 0 Å². The molecule has 4 rings (SSSR count). The highest BCUT2D eigenvalue weighted by molar-refractivity contribution is 6.42. The highest BCUT2D eigenvalue weighted by Gasteiger charge is 2.23. The molecule has 2 nitrogen and oxygen atoms in total. The standard InChI is InChI=1S/C26H25Cl2NO/c27-24-13-12-23(18-25(24)28)26(30)29-16-14-20(15-17-29)7-6-19-8-10-22(11-9-19)21-4-2-1-3-5-21/h1-5,8-13,18,20H,6-7,14-17H2. The molecule has 0 unspecified atom stereocenters. The number of piperidine rings is 1. The average Bonchev–Trinajstić information content (AvgIpc) is 2.80. The van der Waals surface area contributed by atoms with Gasteiger partial charge in [0, 0.05) is 18.7 Å². The van der Waals surface area contributed by atoms with Crippen molar-refractivity contribution in [1.29, 1.82) is 0 Å². The number of hydrogen-bond donors (Lipinski definition) is 0. The molecule has 30 heavy (non-hydrogen) atoms. The summed E-state index contributed by atoms with van der Waals surface area (Å²) in [5, 5.41) is 0.902. The van der Waals surface area contributed by atoms with E-state index in [0.717, 1.165) is 32.4 Å². The van der Waals surface area contributed by atoms with Gasteiger partial charge < -0.3 is 4.90 Å². The normalized spacial score (nSPS) is 14.7. The van der Waals surface area contributed by atoms with E-state index in [0.29, 0.717) is 21.5 Å². The minimum atomic E-state index is 0.0449. The van der Waals surface area contributed by atoms with Gasteiger partial charge in [-0.1, -0.05) is 77.8 Å². The molecule has 3 aromatic rings. The average molecular weight is 438 g/mol. The van der Waals surface area contributed by atoms with Crippen LogP contribution < -0.4 is 0 Å². The van der Waals surface area contributed by atoms with Gasteiger partial charge in [-0.2, -0.15) is 0 Å². The van der Waals surface area contributed by atoms with Crippen LogP contribution in [0, 0.1) is 5.92 Å². The Hall–Kier alpha value is -2.29. The summed E-state index contributed by atoms with van der Waals surface area (Å²) in [4.78, 5) is 14.7. The fourth-order valence-corrected chi connectivity index (χ4v) is 4.40. The number of amides is 1. The lowest BCUT2D eigenvalue weighted by atomic mass is 9.90. The highest BCUT2D eigenvalue weighted by Crippen LogP contribution is 2.27. The zero-order chi connectivity index (χ0) is 20.9. The van der Waals surface area contributed by atoms with Gasteiger partial charge in [0.2, 0.25) is 0 Å². The molecule has 0 atom stereocenters. The topological polar surface area (TPSA) is 20.3 Å². The lowest BCUT2D eigenvalue weighted by molar-refractivity contribution is 0.0687. The molecule has 0 bridgehead atoms. The van der Waals surface area contributed by atoms with E-state index in [1.54, 1.807) is 18.2 Å². The number of nitrogens with zero attached hydrogens (tertiary/aromatic N) is 1. The molecule has 4 heteroatoms. The summed E-state index contributed by atoms with van der Waals surface area (Å²) in [6, 6.07) is 24.5. The minimum absolute atomic E-state index is 0.0449. The van der Waals surface area contributed by atoms with Crippen LogP contribution in [0.3, 0.4) is 0 Å². The van der Waals surface area contributed by atoms with Crippen molar-refractivity contribution in [3.8, 4) is 11.1 Å². The van der Waals surface area contributed by atoms with Crippen molar-refractivity contribution < 1.29 is 4.79 Å². The van der Waals surface area contributed by atoms with E-state index in [4.69, 9.17) is 23.2 Å². The first-order valence-corrected chi connectivity index (χ1v) is 11.2. The van der Waals surface area contributed by atoms with E-state index in [1.165, 1.54) is 23.1 Å². The summed E-state index contributed by atoms with van der Waals surface area (Å²) >= 11 is 12.0. The Bertz CT molecular complexity index is 993. The first-order chi connectivity index (χ1) is 14.6. The largest absolute Gasteiger partial charge is 0.339 e. The lowest BCUT2D eigenvalue weighted by Gasteiger charge is -2.32. The Kier molecular flexibility index (Phi) is 6.76. The van der Waals surface area contributed by atoms with Crippen molar-refractivity contribution in [1.82, 2.24) is 4.90 Å². The summed E-state index contributed by atoms with van der Waals surface area (Å²) < 4.78 is 0. The summed E-state index contributed by atoms with van der Waals surface area (Å²) in [7, 11) is 0.